The van der Waals surface area contributed by atoms with Crippen LogP contribution in [0.25, 0.3) is 5.53 Å². The average Bonchev–Trinajstić information content (AvgIpc) is 2.11. The van der Waals surface area contributed by atoms with Gasteiger partial charge in [-0.3, -0.25) is 9.59 Å². The fraction of sp³-hybridized carbons (Fsp3) is 0.500. The van der Waals surface area contributed by atoms with Crippen LogP contribution in [0.15, 0.2) is 0 Å². The van der Waals surface area contributed by atoms with Gasteiger partial charge in [0.1, 0.15) is 0 Å². The van der Waals surface area contributed by atoms with Crippen molar-refractivity contribution in [3.05, 3.63) is 5.53 Å². The second-order valence-corrected chi connectivity index (χ2v) is 2.82. The van der Waals surface area contributed by atoms with Gasteiger partial charge in [-0.25, -0.2) is 0 Å². The molecule has 0 unspecified atom stereocenters. The van der Waals surface area contributed by atoms with Crippen LogP contribution in [0.5, 0.6) is 0 Å². The molecule has 0 radical (unpaired) electrons. The third-order valence-electron chi connectivity index (χ3n) is 1.54. The molecule has 0 bridgehead atoms. The predicted molar refractivity (Wildman–Crippen MR) is 46.5 cm³/mol. The number of ketones is 1. The largest absolute Gasteiger partial charge is 1.00 e. The van der Waals surface area contributed by atoms with Crippen molar-refractivity contribution in [3.8, 4) is 0 Å². The SMILES string of the molecule is CC(=O)N[C@@H](CCC(=O)C=[N+]=[N-])C(=O)[O-].[Na+]. The molecule has 0 spiro atoms. The Morgan fingerprint density at radius 3 is 2.44 bits per heavy atom. The van der Waals surface area contributed by atoms with Crippen LogP contribution < -0.4 is 40.0 Å². The number of carbonyl (C=O) groups excluding carboxylic acids is 3. The molecule has 0 aromatic carbocycles. The van der Waals surface area contributed by atoms with E-state index in [2.05, 4.69) is 10.1 Å². The Bertz CT molecular complexity index is 325. The molecule has 0 heterocycles. The van der Waals surface area contributed by atoms with Crippen LogP contribution in [-0.2, 0) is 14.4 Å². The quantitative estimate of drug-likeness (QED) is 0.214. The molecule has 1 N–H and O–H groups in total. The van der Waals surface area contributed by atoms with Gasteiger partial charge in [0, 0.05) is 13.3 Å². The summed E-state index contributed by atoms with van der Waals surface area (Å²) in [5, 5.41) is 12.6. The van der Waals surface area contributed by atoms with Crippen molar-refractivity contribution >= 4 is 23.9 Å². The first-order valence-electron chi connectivity index (χ1n) is 4.15. The number of nitrogens with zero attached hydrogens (tertiary/aromatic N) is 2. The van der Waals surface area contributed by atoms with Crippen molar-refractivity contribution in [2.45, 2.75) is 25.8 Å². The van der Waals surface area contributed by atoms with Gasteiger partial charge >= 0.3 is 35.8 Å². The number of Topliss-reactive ketones (excluding diaryl/α,β-unsaturated/α-hetero) is 1. The topological polar surface area (TPSA) is 123 Å². The number of carboxylic acids is 1. The summed E-state index contributed by atoms with van der Waals surface area (Å²) in [5.41, 5.74) is 8.01. The average molecular weight is 235 g/mol. The predicted octanol–water partition coefficient (Wildman–Crippen LogP) is -5.11. The van der Waals surface area contributed by atoms with E-state index in [9.17, 15) is 19.5 Å². The number of hydrogen-bond donors (Lipinski definition) is 1. The summed E-state index contributed by atoms with van der Waals surface area (Å²) in [6, 6.07) is -1.21. The zero-order valence-corrected chi connectivity index (χ0v) is 11.1. The number of amides is 1. The van der Waals surface area contributed by atoms with Gasteiger partial charge in [-0.1, -0.05) is 0 Å². The van der Waals surface area contributed by atoms with E-state index in [1.807, 2.05) is 0 Å². The Balaban J connectivity index is 0. The fourth-order valence-electron chi connectivity index (χ4n) is 0.910. The molecular formula is C8H10N3NaO4. The zero-order valence-electron chi connectivity index (χ0n) is 9.10. The molecule has 0 fully saturated rings. The number of hydrogen-bond acceptors (Lipinski definition) is 4. The van der Waals surface area contributed by atoms with Gasteiger partial charge in [0.15, 0.2) is 0 Å². The molecule has 0 aliphatic rings. The van der Waals surface area contributed by atoms with Gasteiger partial charge < -0.3 is 20.7 Å². The Hall–Kier alpha value is -1.01. The summed E-state index contributed by atoms with van der Waals surface area (Å²) in [7, 11) is 0. The Morgan fingerprint density at radius 2 is 2.06 bits per heavy atom. The Kier molecular flexibility index (Phi) is 10.0. The molecule has 0 saturated heterocycles. The second kappa shape index (κ2) is 9.23. The third-order valence-corrected chi connectivity index (χ3v) is 1.54. The van der Waals surface area contributed by atoms with E-state index in [1.165, 1.54) is 0 Å². The summed E-state index contributed by atoms with van der Waals surface area (Å²) in [6.45, 7) is 1.16. The van der Waals surface area contributed by atoms with E-state index in [1.54, 1.807) is 0 Å². The molecule has 0 aromatic heterocycles. The van der Waals surface area contributed by atoms with E-state index in [4.69, 9.17) is 5.53 Å². The van der Waals surface area contributed by atoms with E-state index in [0.717, 1.165) is 6.92 Å². The first kappa shape index (κ1) is 17.4. The van der Waals surface area contributed by atoms with Crippen LogP contribution in [0, 0.1) is 0 Å². The van der Waals surface area contributed by atoms with E-state index in [0.29, 0.717) is 6.21 Å². The van der Waals surface area contributed by atoms with Crippen molar-refractivity contribution in [2.75, 3.05) is 0 Å². The van der Waals surface area contributed by atoms with E-state index < -0.39 is 23.7 Å². The monoisotopic (exact) mass is 235 g/mol. The van der Waals surface area contributed by atoms with Crippen molar-refractivity contribution in [1.82, 2.24) is 5.32 Å². The minimum atomic E-state index is -1.46. The minimum Gasteiger partial charge on any atom is -0.548 e. The molecule has 8 heteroatoms. The normalized spacial score (nSPS) is 10.3. The molecule has 16 heavy (non-hydrogen) atoms. The van der Waals surface area contributed by atoms with Crippen molar-refractivity contribution in [1.29, 1.82) is 0 Å². The molecule has 0 aliphatic carbocycles. The molecule has 0 rings (SSSR count). The van der Waals surface area contributed by atoms with Crippen molar-refractivity contribution < 1.29 is 53.8 Å². The standard InChI is InChI=1S/C8H11N3O4.Na/c1-5(12)11-7(8(14)15)3-2-6(13)4-10-9;/h4,7H,2-3H2,1H3,(H,11,12)(H,14,15);/q;+1/p-1/t7-;/m0./s1. The summed E-state index contributed by atoms with van der Waals surface area (Å²) >= 11 is 0. The minimum absolute atomic E-state index is 0. The van der Waals surface area contributed by atoms with E-state index >= 15 is 0 Å². The molecule has 7 nitrogen and oxygen atoms in total. The number of aliphatic carboxylic acids is 1. The van der Waals surface area contributed by atoms with Gasteiger partial charge in [-0.2, -0.15) is 4.79 Å². The number of carboxylic acid groups (broad SMARTS) is 1. The zero-order chi connectivity index (χ0) is 11.8. The number of nitrogens with one attached hydrogen (secondary N) is 1. The van der Waals surface area contributed by atoms with Crippen LogP contribution in [-0.4, -0.2) is 34.7 Å². The van der Waals surface area contributed by atoms with Crippen LogP contribution in [0.3, 0.4) is 0 Å². The first-order chi connectivity index (χ1) is 6.97. The molecule has 0 saturated carbocycles. The van der Waals surface area contributed by atoms with E-state index in [-0.39, 0.29) is 42.4 Å². The maximum atomic E-state index is 10.8. The first-order valence-corrected chi connectivity index (χ1v) is 4.15. The maximum absolute atomic E-state index is 10.8. The second-order valence-electron chi connectivity index (χ2n) is 2.82. The Morgan fingerprint density at radius 1 is 1.50 bits per heavy atom. The van der Waals surface area contributed by atoms with Crippen LogP contribution in [0.4, 0.5) is 0 Å². The molecule has 82 valence electrons. The van der Waals surface area contributed by atoms with Gasteiger partial charge in [0.2, 0.25) is 11.7 Å². The van der Waals surface area contributed by atoms with Crippen LogP contribution >= 0.6 is 0 Å². The summed E-state index contributed by atoms with van der Waals surface area (Å²) in [4.78, 5) is 34.4. The maximum Gasteiger partial charge on any atom is 1.00 e. The molecular weight excluding hydrogens is 225 g/mol. The van der Waals surface area contributed by atoms with Crippen LogP contribution in [0.2, 0.25) is 0 Å². The van der Waals surface area contributed by atoms with Crippen LogP contribution in [0.1, 0.15) is 19.8 Å². The van der Waals surface area contributed by atoms with Gasteiger partial charge in [0.05, 0.1) is 12.0 Å². The summed E-state index contributed by atoms with van der Waals surface area (Å²) < 4.78 is 0. The number of carbonyl (C=O) groups is 3. The van der Waals surface area contributed by atoms with Gasteiger partial charge in [0.25, 0.3) is 0 Å². The van der Waals surface area contributed by atoms with Gasteiger partial charge in [-0.05, 0) is 6.42 Å². The molecule has 1 amide bonds. The summed E-state index contributed by atoms with van der Waals surface area (Å²) in [5.74, 6) is -2.51. The Labute approximate surface area is 114 Å². The fourth-order valence-corrected chi connectivity index (χ4v) is 0.910. The summed E-state index contributed by atoms with van der Waals surface area (Å²) in [6.07, 6.45) is 0.413. The number of rotatable bonds is 6. The van der Waals surface area contributed by atoms with Gasteiger partial charge in [-0.15, -0.1) is 0 Å². The third kappa shape index (κ3) is 8.31. The smallest absolute Gasteiger partial charge is 0.548 e. The van der Waals surface area contributed by atoms with Crippen molar-refractivity contribution in [2.24, 2.45) is 0 Å². The molecule has 0 aromatic rings. The molecule has 1 atom stereocenters. The van der Waals surface area contributed by atoms with Crippen molar-refractivity contribution in [3.63, 3.8) is 0 Å². The molecule has 0 aliphatic heterocycles.